The lowest BCUT2D eigenvalue weighted by atomic mass is 10.1. The number of benzene rings is 1. The van der Waals surface area contributed by atoms with E-state index in [2.05, 4.69) is 10.3 Å². The fourth-order valence-corrected chi connectivity index (χ4v) is 1.68. The van der Waals surface area contributed by atoms with Gasteiger partial charge in [-0.15, -0.1) is 0 Å². The number of nitrogens with zero attached hydrogens (tertiary/aromatic N) is 2. The zero-order valence-corrected chi connectivity index (χ0v) is 10.9. The number of pyridine rings is 1. The molecule has 0 aliphatic heterocycles. The van der Waals surface area contributed by atoms with Gasteiger partial charge in [0.05, 0.1) is 16.8 Å². The molecule has 0 saturated carbocycles. The van der Waals surface area contributed by atoms with Gasteiger partial charge in [0.1, 0.15) is 0 Å². The molecule has 2 rings (SSSR count). The average molecular weight is 303 g/mol. The summed E-state index contributed by atoms with van der Waals surface area (Å²) in [5, 5.41) is 31.2. The van der Waals surface area contributed by atoms with Gasteiger partial charge in [0.25, 0.3) is 0 Å². The zero-order chi connectivity index (χ0) is 16.3. The molecule has 9 nitrogen and oxygen atoms in total. The summed E-state index contributed by atoms with van der Waals surface area (Å²) in [5.41, 5.74) is 0.173. The highest BCUT2D eigenvalue weighted by molar-refractivity contribution is 5.95. The Morgan fingerprint density at radius 2 is 1.64 bits per heavy atom. The molecule has 0 radical (unpaired) electrons. The average Bonchev–Trinajstić information content (AvgIpc) is 2.47. The highest BCUT2D eigenvalue weighted by atomic mass is 16.6. The van der Waals surface area contributed by atoms with E-state index in [9.17, 15) is 19.7 Å². The Kier molecular flexibility index (Phi) is 3.98. The molecule has 1 heterocycles. The summed E-state index contributed by atoms with van der Waals surface area (Å²) < 4.78 is 0. The molecular weight excluding hydrogens is 294 g/mol. The van der Waals surface area contributed by atoms with Gasteiger partial charge < -0.3 is 25.6 Å². The molecule has 22 heavy (non-hydrogen) atoms. The molecule has 0 amide bonds. The number of nitro groups is 1. The number of aromatic nitrogens is 1. The van der Waals surface area contributed by atoms with Crippen LogP contribution in [0.25, 0.3) is 0 Å². The number of carbonyl (C=O) groups is 2. The van der Waals surface area contributed by atoms with E-state index in [1.165, 1.54) is 30.5 Å². The van der Waals surface area contributed by atoms with E-state index in [0.717, 1.165) is 6.07 Å². The maximum absolute atomic E-state index is 11.0. The molecule has 0 aliphatic carbocycles. The lowest BCUT2D eigenvalue weighted by Gasteiger charge is -2.07. The Balaban J connectivity index is 2.33. The molecule has 0 spiro atoms. The van der Waals surface area contributed by atoms with Crippen molar-refractivity contribution >= 4 is 29.1 Å². The van der Waals surface area contributed by atoms with Crippen molar-refractivity contribution in [3.63, 3.8) is 0 Å². The summed E-state index contributed by atoms with van der Waals surface area (Å²) in [5.74, 6) is -2.88. The van der Waals surface area contributed by atoms with Crippen LogP contribution in [0.1, 0.15) is 20.7 Å². The predicted octanol–water partition coefficient (Wildman–Crippen LogP) is 2.13. The number of aromatic carboxylic acids is 2. The van der Waals surface area contributed by atoms with Gasteiger partial charge in [-0.3, -0.25) is 0 Å². The minimum absolute atomic E-state index is 0.197. The summed E-state index contributed by atoms with van der Waals surface area (Å²) >= 11 is 0. The van der Waals surface area contributed by atoms with Gasteiger partial charge in [-0.2, -0.15) is 0 Å². The second kappa shape index (κ2) is 5.87. The van der Waals surface area contributed by atoms with E-state index in [1.807, 2.05) is 0 Å². The smallest absolute Gasteiger partial charge is 0.363 e. The van der Waals surface area contributed by atoms with Crippen LogP contribution in [-0.4, -0.2) is 32.1 Å². The number of hydrogen-bond donors (Lipinski definition) is 3. The van der Waals surface area contributed by atoms with Crippen molar-refractivity contribution in [3.05, 3.63) is 57.8 Å². The second-order valence-electron chi connectivity index (χ2n) is 4.20. The maximum Gasteiger partial charge on any atom is 0.363 e. The minimum Gasteiger partial charge on any atom is -0.478 e. The number of hydrogen-bond acceptors (Lipinski definition) is 6. The van der Waals surface area contributed by atoms with E-state index < -0.39 is 16.9 Å². The quantitative estimate of drug-likeness (QED) is 0.563. The Bertz CT molecular complexity index is 725. The first kappa shape index (κ1) is 14.9. The van der Waals surface area contributed by atoms with E-state index in [-0.39, 0.29) is 22.6 Å². The van der Waals surface area contributed by atoms with Gasteiger partial charge in [-0.05, 0) is 34.2 Å². The van der Waals surface area contributed by atoms with Crippen molar-refractivity contribution < 1.29 is 24.7 Å². The third-order valence-corrected chi connectivity index (χ3v) is 2.65. The monoisotopic (exact) mass is 303 g/mol. The SMILES string of the molecule is O=C(O)c1cc(Nc2ccc([N+](=O)[O-])nc2)cc(C(=O)O)c1. The standard InChI is InChI=1S/C13H9N3O6/c17-12(18)7-3-8(13(19)20)5-10(4-7)15-9-1-2-11(14-6-9)16(21)22/h1-6,15H,(H,17,18)(H,19,20). The Labute approximate surface area is 123 Å². The molecule has 0 saturated heterocycles. The minimum atomic E-state index is -1.27. The first-order chi connectivity index (χ1) is 10.4. The molecule has 0 aliphatic rings. The highest BCUT2D eigenvalue weighted by Crippen LogP contribution is 2.21. The number of carboxylic acids is 2. The number of rotatable bonds is 5. The first-order valence-electron chi connectivity index (χ1n) is 5.86. The van der Waals surface area contributed by atoms with Gasteiger partial charge in [-0.1, -0.05) is 0 Å². The largest absolute Gasteiger partial charge is 0.478 e. The summed E-state index contributed by atoms with van der Waals surface area (Å²) in [6.45, 7) is 0. The maximum atomic E-state index is 11.0. The number of carboxylic acid groups (broad SMARTS) is 2. The van der Waals surface area contributed by atoms with Crippen LogP contribution in [0.3, 0.4) is 0 Å². The van der Waals surface area contributed by atoms with Crippen molar-refractivity contribution in [1.82, 2.24) is 4.98 Å². The van der Waals surface area contributed by atoms with Crippen molar-refractivity contribution in [1.29, 1.82) is 0 Å². The van der Waals surface area contributed by atoms with Gasteiger partial charge >= 0.3 is 17.8 Å². The molecule has 2 aromatic rings. The number of nitrogens with one attached hydrogen (secondary N) is 1. The zero-order valence-electron chi connectivity index (χ0n) is 10.9. The van der Waals surface area contributed by atoms with Crippen molar-refractivity contribution in [3.8, 4) is 0 Å². The molecule has 1 aromatic heterocycles. The van der Waals surface area contributed by atoms with Gasteiger partial charge in [-0.25, -0.2) is 9.59 Å². The molecule has 112 valence electrons. The summed E-state index contributed by atoms with van der Waals surface area (Å²) in [7, 11) is 0. The van der Waals surface area contributed by atoms with Crippen LogP contribution in [0, 0.1) is 10.1 Å². The van der Waals surface area contributed by atoms with Crippen LogP contribution < -0.4 is 5.32 Å². The van der Waals surface area contributed by atoms with Crippen LogP contribution in [0.15, 0.2) is 36.5 Å². The van der Waals surface area contributed by atoms with E-state index in [4.69, 9.17) is 10.2 Å². The van der Waals surface area contributed by atoms with Gasteiger partial charge in [0.2, 0.25) is 0 Å². The Hall–Kier alpha value is -3.49. The van der Waals surface area contributed by atoms with Crippen LogP contribution in [0.5, 0.6) is 0 Å². The second-order valence-corrected chi connectivity index (χ2v) is 4.20. The summed E-state index contributed by atoms with van der Waals surface area (Å²) in [4.78, 5) is 35.4. The van der Waals surface area contributed by atoms with Gasteiger partial charge in [0, 0.05) is 11.8 Å². The van der Waals surface area contributed by atoms with E-state index in [1.54, 1.807) is 0 Å². The molecule has 1 aromatic carbocycles. The molecule has 3 N–H and O–H groups in total. The van der Waals surface area contributed by atoms with Crippen molar-refractivity contribution in [2.24, 2.45) is 0 Å². The molecule has 0 bridgehead atoms. The van der Waals surface area contributed by atoms with Crippen molar-refractivity contribution in [2.45, 2.75) is 0 Å². The fourth-order valence-electron chi connectivity index (χ4n) is 1.68. The molecule has 9 heteroatoms. The lowest BCUT2D eigenvalue weighted by molar-refractivity contribution is -0.389. The van der Waals surface area contributed by atoms with E-state index in [0.29, 0.717) is 5.69 Å². The number of anilines is 2. The molecule has 0 atom stereocenters. The Morgan fingerprint density at radius 1 is 1.05 bits per heavy atom. The summed E-state index contributed by atoms with van der Waals surface area (Å²) in [6, 6.07) is 6.07. The van der Waals surface area contributed by atoms with Crippen molar-refractivity contribution in [2.75, 3.05) is 5.32 Å². The molecular formula is C13H9N3O6. The topological polar surface area (TPSA) is 143 Å². The van der Waals surface area contributed by atoms with E-state index >= 15 is 0 Å². The third kappa shape index (κ3) is 3.33. The van der Waals surface area contributed by atoms with Crippen LogP contribution in [0.2, 0.25) is 0 Å². The molecule has 0 unspecified atom stereocenters. The van der Waals surface area contributed by atoms with Crippen LogP contribution >= 0.6 is 0 Å². The Morgan fingerprint density at radius 3 is 2.05 bits per heavy atom. The summed E-state index contributed by atoms with van der Waals surface area (Å²) in [6.07, 6.45) is 1.19. The fraction of sp³-hybridized carbons (Fsp3) is 0. The van der Waals surface area contributed by atoms with Gasteiger partial charge in [0.15, 0.2) is 6.20 Å². The normalized spacial score (nSPS) is 10.0. The highest BCUT2D eigenvalue weighted by Gasteiger charge is 2.12. The predicted molar refractivity (Wildman–Crippen MR) is 74.5 cm³/mol. The van der Waals surface area contributed by atoms with Crippen LogP contribution in [-0.2, 0) is 0 Å². The van der Waals surface area contributed by atoms with Crippen LogP contribution in [0.4, 0.5) is 17.2 Å². The lowest BCUT2D eigenvalue weighted by Crippen LogP contribution is -2.04. The molecule has 0 fully saturated rings. The first-order valence-corrected chi connectivity index (χ1v) is 5.86. The third-order valence-electron chi connectivity index (χ3n) is 2.65.